The highest BCUT2D eigenvalue weighted by Crippen LogP contribution is 2.34. The van der Waals surface area contributed by atoms with Crippen molar-refractivity contribution in [1.29, 1.82) is 0 Å². The van der Waals surface area contributed by atoms with E-state index in [2.05, 4.69) is 29.0 Å². The molecule has 0 radical (unpaired) electrons. The minimum absolute atomic E-state index is 0.00593. The number of hydrogen-bond acceptors (Lipinski definition) is 5. The average molecular weight is 499 g/mol. The van der Waals surface area contributed by atoms with E-state index in [1.54, 1.807) is 21.4 Å². The Morgan fingerprint density at radius 2 is 1.77 bits per heavy atom. The van der Waals surface area contributed by atoms with Crippen LogP contribution >= 0.6 is 0 Å². The van der Waals surface area contributed by atoms with Crippen molar-refractivity contribution in [1.82, 2.24) is 14.3 Å². The Hall–Kier alpha value is -3.11. The van der Waals surface area contributed by atoms with E-state index in [9.17, 15) is 13.2 Å². The van der Waals surface area contributed by atoms with Crippen molar-refractivity contribution in [2.24, 2.45) is 18.1 Å². The van der Waals surface area contributed by atoms with Crippen LogP contribution in [0.2, 0.25) is 0 Å². The summed E-state index contributed by atoms with van der Waals surface area (Å²) in [5.41, 5.74) is 4.24. The molecule has 35 heavy (non-hydrogen) atoms. The summed E-state index contributed by atoms with van der Waals surface area (Å²) in [6, 6.07) is 9.55. The van der Waals surface area contributed by atoms with Gasteiger partial charge in [-0.05, 0) is 61.3 Å². The van der Waals surface area contributed by atoms with Crippen molar-refractivity contribution in [2.45, 2.75) is 58.0 Å². The van der Waals surface area contributed by atoms with Crippen molar-refractivity contribution in [3.05, 3.63) is 64.8 Å². The Kier molecular flexibility index (Phi) is 7.32. The van der Waals surface area contributed by atoms with Crippen molar-refractivity contribution in [2.75, 3.05) is 10.0 Å². The van der Waals surface area contributed by atoms with Gasteiger partial charge in [-0.3, -0.25) is 14.2 Å². The quantitative estimate of drug-likeness (QED) is 0.437. The molecule has 0 bridgehead atoms. The van der Waals surface area contributed by atoms with Crippen molar-refractivity contribution < 1.29 is 8.42 Å². The molecule has 2 heterocycles. The van der Waals surface area contributed by atoms with Gasteiger partial charge in [0.1, 0.15) is 5.69 Å². The van der Waals surface area contributed by atoms with E-state index in [4.69, 9.17) is 5.14 Å². The highest BCUT2D eigenvalue weighted by atomic mass is 32.2. The predicted molar refractivity (Wildman–Crippen MR) is 140 cm³/mol. The maximum absolute atomic E-state index is 13.2. The van der Waals surface area contributed by atoms with E-state index in [1.165, 1.54) is 5.56 Å². The molecule has 0 aliphatic heterocycles. The first-order chi connectivity index (χ1) is 16.6. The summed E-state index contributed by atoms with van der Waals surface area (Å²) in [5.74, 6) is 0.752. The Labute approximate surface area is 206 Å². The number of hydrogen-bond donors (Lipinski definition) is 3. The number of anilines is 2. The van der Waals surface area contributed by atoms with Crippen LogP contribution in [0.25, 0.3) is 11.1 Å². The maximum Gasteiger partial charge on any atom is 0.296 e. The summed E-state index contributed by atoms with van der Waals surface area (Å²) in [7, 11) is -1.89. The van der Waals surface area contributed by atoms with Gasteiger partial charge in [0.25, 0.3) is 15.8 Å². The Bertz CT molecular complexity index is 1320. The molecule has 1 aromatic carbocycles. The number of nitrogens with zero attached hydrogens (tertiary/aromatic N) is 3. The zero-order valence-corrected chi connectivity index (χ0v) is 21.3. The molecule has 0 amide bonds. The number of aromatic nitrogens is 3. The first-order valence-corrected chi connectivity index (χ1v) is 13.5. The van der Waals surface area contributed by atoms with Crippen LogP contribution in [0.4, 0.5) is 11.4 Å². The summed E-state index contributed by atoms with van der Waals surface area (Å²) in [6.07, 6.45) is 9.57. The molecule has 0 saturated heterocycles. The molecule has 4 rings (SSSR count). The van der Waals surface area contributed by atoms with Crippen molar-refractivity contribution >= 4 is 21.6 Å². The monoisotopic (exact) mass is 498 g/mol. The van der Waals surface area contributed by atoms with Crippen molar-refractivity contribution in [3.8, 4) is 11.1 Å². The molecule has 9 nitrogen and oxygen atoms in total. The molecular formula is C25H34N6O3S. The highest BCUT2D eigenvalue weighted by Gasteiger charge is 2.23. The smallest absolute Gasteiger partial charge is 0.296 e. The zero-order chi connectivity index (χ0) is 25.2. The molecule has 4 N–H and O–H groups in total. The minimum atomic E-state index is -3.78. The lowest BCUT2D eigenvalue weighted by Crippen LogP contribution is -2.31. The summed E-state index contributed by atoms with van der Waals surface area (Å²) < 4.78 is 28.3. The van der Waals surface area contributed by atoms with Gasteiger partial charge in [-0.25, -0.2) is 5.14 Å². The zero-order valence-electron chi connectivity index (χ0n) is 20.4. The largest absolute Gasteiger partial charge is 0.378 e. The first kappa shape index (κ1) is 25.0. The van der Waals surface area contributed by atoms with Gasteiger partial charge in [-0.15, -0.1) is 0 Å². The van der Waals surface area contributed by atoms with E-state index in [0.29, 0.717) is 29.8 Å². The number of rotatable bonds is 8. The Balaban J connectivity index is 1.46. The van der Waals surface area contributed by atoms with Gasteiger partial charge in [-0.2, -0.15) is 13.5 Å². The molecule has 188 valence electrons. The standard InChI is InChI=1S/C25H34N6O3S/c1-17(2)14-31-16-20(21-13-27-30(3)15-21)12-24(25(31)32)28-22-8-4-18(5-9-22)19-6-10-23(11-7-19)29-35(26,33)34/h6-7,10-13,15-18,22,28-29H,4-5,8-9,14H2,1-3H3,(H2,26,33,34)/t18-,22+. The lowest BCUT2D eigenvalue weighted by atomic mass is 9.81. The van der Waals surface area contributed by atoms with Gasteiger partial charge in [0.2, 0.25) is 0 Å². The fraction of sp³-hybridized carbons (Fsp3) is 0.440. The molecule has 1 aliphatic carbocycles. The highest BCUT2D eigenvalue weighted by molar-refractivity contribution is 7.90. The maximum atomic E-state index is 13.2. The Morgan fingerprint density at radius 1 is 1.09 bits per heavy atom. The summed E-state index contributed by atoms with van der Waals surface area (Å²) in [5, 5.41) is 12.9. The van der Waals surface area contributed by atoms with Crippen molar-refractivity contribution in [3.63, 3.8) is 0 Å². The predicted octanol–water partition coefficient (Wildman–Crippen LogP) is 3.66. The molecule has 0 unspecified atom stereocenters. The van der Waals surface area contributed by atoms with E-state index >= 15 is 0 Å². The van der Waals surface area contributed by atoms with Crippen LogP contribution in [0, 0.1) is 5.92 Å². The van der Waals surface area contributed by atoms with E-state index in [0.717, 1.165) is 36.8 Å². The number of pyridine rings is 1. The van der Waals surface area contributed by atoms with Crippen LogP contribution in [0.5, 0.6) is 0 Å². The molecule has 1 aliphatic rings. The molecule has 1 saturated carbocycles. The Morgan fingerprint density at radius 3 is 2.34 bits per heavy atom. The normalized spacial score (nSPS) is 18.5. The van der Waals surface area contributed by atoms with Crippen LogP contribution in [-0.4, -0.2) is 28.8 Å². The van der Waals surface area contributed by atoms with Crippen LogP contribution in [-0.2, 0) is 23.8 Å². The summed E-state index contributed by atoms with van der Waals surface area (Å²) in [6.45, 7) is 4.87. The fourth-order valence-corrected chi connectivity index (χ4v) is 5.24. The molecule has 2 aromatic heterocycles. The number of nitrogens with one attached hydrogen (secondary N) is 2. The second-order valence-corrected chi connectivity index (χ2v) is 11.2. The van der Waals surface area contributed by atoms with E-state index in [1.807, 2.05) is 43.8 Å². The van der Waals surface area contributed by atoms with Crippen LogP contribution in [0.3, 0.4) is 0 Å². The fourth-order valence-electron chi connectivity index (χ4n) is 4.77. The third-order valence-electron chi connectivity index (χ3n) is 6.42. The second-order valence-electron chi connectivity index (χ2n) is 9.86. The number of benzene rings is 1. The van der Waals surface area contributed by atoms with E-state index < -0.39 is 10.2 Å². The topological polar surface area (TPSA) is 124 Å². The third-order valence-corrected chi connectivity index (χ3v) is 6.94. The van der Waals surface area contributed by atoms with Gasteiger partial charge in [0, 0.05) is 48.8 Å². The van der Waals surface area contributed by atoms with E-state index in [-0.39, 0.29) is 11.6 Å². The van der Waals surface area contributed by atoms with Gasteiger partial charge in [0.15, 0.2) is 0 Å². The molecule has 0 spiro atoms. The third kappa shape index (κ3) is 6.52. The van der Waals surface area contributed by atoms with Gasteiger partial charge < -0.3 is 9.88 Å². The SMILES string of the molecule is CC(C)Cn1cc(-c2cnn(C)c2)cc(N[C@H]2CC[C@@H](c3ccc(NS(N)(=O)=O)cc3)CC2)c1=O. The number of nitrogens with two attached hydrogens (primary N) is 1. The summed E-state index contributed by atoms with van der Waals surface area (Å²) >= 11 is 0. The summed E-state index contributed by atoms with van der Waals surface area (Å²) in [4.78, 5) is 13.2. The first-order valence-electron chi connectivity index (χ1n) is 12.0. The second kappa shape index (κ2) is 10.2. The molecule has 3 aromatic rings. The molecule has 1 fully saturated rings. The molecule has 0 atom stereocenters. The van der Waals surface area contributed by atoms with Crippen LogP contribution in [0.1, 0.15) is 51.0 Å². The molecular weight excluding hydrogens is 464 g/mol. The van der Waals surface area contributed by atoms with Crippen LogP contribution in [0.15, 0.2) is 53.7 Å². The van der Waals surface area contributed by atoms with Gasteiger partial charge in [-0.1, -0.05) is 26.0 Å². The van der Waals surface area contributed by atoms with Gasteiger partial charge >= 0.3 is 0 Å². The average Bonchev–Trinajstić information content (AvgIpc) is 3.22. The number of aryl methyl sites for hydroxylation is 1. The lowest BCUT2D eigenvalue weighted by Gasteiger charge is -2.30. The molecule has 10 heteroatoms. The lowest BCUT2D eigenvalue weighted by molar-refractivity contribution is 0.411. The van der Waals surface area contributed by atoms with Crippen LogP contribution < -0.4 is 20.7 Å². The van der Waals surface area contributed by atoms with Gasteiger partial charge in [0.05, 0.1) is 6.20 Å². The minimum Gasteiger partial charge on any atom is -0.378 e.